The second-order valence-corrected chi connectivity index (χ2v) is 7.35. The number of amides is 1. The SMILES string of the molecule is COc1cc2ncnc3c2cc1OCCCNC(=O)CNCc1cc(F)c(Cl)cc1N3. The van der Waals surface area contributed by atoms with Crippen LogP contribution < -0.4 is 25.4 Å². The number of hydrogen-bond donors (Lipinski definition) is 3. The molecule has 8 nitrogen and oxygen atoms in total. The summed E-state index contributed by atoms with van der Waals surface area (Å²) in [6.45, 7) is 1.21. The Bertz CT molecular complexity index is 1130. The molecule has 1 aromatic heterocycles. The molecule has 0 saturated heterocycles. The van der Waals surface area contributed by atoms with Gasteiger partial charge in [-0.25, -0.2) is 14.4 Å². The first-order valence-corrected chi connectivity index (χ1v) is 10.1. The van der Waals surface area contributed by atoms with Gasteiger partial charge in [-0.1, -0.05) is 11.6 Å². The molecule has 10 heteroatoms. The van der Waals surface area contributed by atoms with Crippen molar-refractivity contribution >= 4 is 39.9 Å². The second kappa shape index (κ2) is 9.32. The van der Waals surface area contributed by atoms with Gasteiger partial charge in [0, 0.05) is 30.2 Å². The highest BCUT2D eigenvalue weighted by Crippen LogP contribution is 2.35. The lowest BCUT2D eigenvalue weighted by atomic mass is 10.1. The van der Waals surface area contributed by atoms with Crippen LogP contribution in [-0.4, -0.2) is 42.7 Å². The minimum absolute atomic E-state index is 0.0255. The molecule has 0 saturated carbocycles. The summed E-state index contributed by atoms with van der Waals surface area (Å²) >= 11 is 6.02. The standard InChI is InChI=1S/C21H21ClFN5O3/c1-30-18-8-17-13-6-19(18)31-4-2-3-25-20(29)10-24-9-12-5-15(23)14(22)7-16(12)28-21(13)27-11-26-17/h5-8,11,24H,2-4,9-10H2,1H3,(H,25,29)(H,26,27,28). The van der Waals surface area contributed by atoms with Crippen molar-refractivity contribution in [3.05, 3.63) is 47.0 Å². The number of anilines is 2. The summed E-state index contributed by atoms with van der Waals surface area (Å²) in [4.78, 5) is 20.7. The summed E-state index contributed by atoms with van der Waals surface area (Å²) in [5.41, 5.74) is 1.81. The molecule has 0 fully saturated rings. The van der Waals surface area contributed by atoms with Gasteiger partial charge in [0.25, 0.3) is 0 Å². The molecule has 2 aromatic carbocycles. The number of halogens is 2. The summed E-state index contributed by atoms with van der Waals surface area (Å²) in [6.07, 6.45) is 2.05. The number of carbonyl (C=O) groups excluding carboxylic acids is 1. The third kappa shape index (κ3) is 4.78. The van der Waals surface area contributed by atoms with Crippen LogP contribution in [0.15, 0.2) is 30.6 Å². The molecule has 1 aliphatic rings. The van der Waals surface area contributed by atoms with E-state index in [-0.39, 0.29) is 24.0 Å². The Balaban J connectivity index is 1.80. The highest BCUT2D eigenvalue weighted by atomic mass is 35.5. The minimum atomic E-state index is -0.546. The molecule has 0 radical (unpaired) electrons. The summed E-state index contributed by atoms with van der Waals surface area (Å²) in [6, 6.07) is 6.39. The fraction of sp³-hybridized carbons (Fsp3) is 0.286. The van der Waals surface area contributed by atoms with Crippen molar-refractivity contribution in [1.82, 2.24) is 20.6 Å². The van der Waals surface area contributed by atoms with E-state index < -0.39 is 5.82 Å². The summed E-state index contributed by atoms with van der Waals surface area (Å²) in [7, 11) is 1.56. The quantitative estimate of drug-likeness (QED) is 0.529. The minimum Gasteiger partial charge on any atom is -0.493 e. The van der Waals surface area contributed by atoms with Gasteiger partial charge >= 0.3 is 0 Å². The van der Waals surface area contributed by atoms with Crippen LogP contribution in [0.4, 0.5) is 15.9 Å². The lowest BCUT2D eigenvalue weighted by molar-refractivity contribution is -0.120. The number of benzene rings is 2. The van der Waals surface area contributed by atoms with Crippen LogP contribution in [0.25, 0.3) is 10.9 Å². The smallest absolute Gasteiger partial charge is 0.233 e. The predicted molar refractivity (Wildman–Crippen MR) is 116 cm³/mol. The van der Waals surface area contributed by atoms with E-state index in [2.05, 4.69) is 25.9 Å². The van der Waals surface area contributed by atoms with Crippen molar-refractivity contribution in [3.8, 4) is 11.5 Å². The molecule has 31 heavy (non-hydrogen) atoms. The summed E-state index contributed by atoms with van der Waals surface area (Å²) in [5.74, 6) is 0.873. The van der Waals surface area contributed by atoms with Gasteiger partial charge < -0.3 is 25.4 Å². The van der Waals surface area contributed by atoms with Gasteiger partial charge in [0.1, 0.15) is 18.0 Å². The number of ether oxygens (including phenoxy) is 2. The molecular weight excluding hydrogens is 425 g/mol. The van der Waals surface area contributed by atoms with E-state index in [0.717, 1.165) is 0 Å². The van der Waals surface area contributed by atoms with Crippen LogP contribution in [0.3, 0.4) is 0 Å². The third-order valence-electron chi connectivity index (χ3n) is 4.82. The van der Waals surface area contributed by atoms with E-state index in [0.29, 0.717) is 59.0 Å². The molecule has 1 amide bonds. The molecule has 0 atom stereocenters. The van der Waals surface area contributed by atoms with Gasteiger partial charge in [-0.3, -0.25) is 4.79 Å². The van der Waals surface area contributed by atoms with Crippen molar-refractivity contribution in [2.45, 2.75) is 13.0 Å². The molecule has 2 heterocycles. The zero-order valence-corrected chi connectivity index (χ0v) is 17.6. The summed E-state index contributed by atoms with van der Waals surface area (Å²) in [5, 5.41) is 9.74. The van der Waals surface area contributed by atoms with Crippen LogP contribution in [0, 0.1) is 5.82 Å². The van der Waals surface area contributed by atoms with E-state index in [4.69, 9.17) is 21.1 Å². The number of aromatic nitrogens is 2. The van der Waals surface area contributed by atoms with Crippen LogP contribution in [0.1, 0.15) is 12.0 Å². The lowest BCUT2D eigenvalue weighted by Crippen LogP contribution is -2.34. The number of carbonyl (C=O) groups is 1. The van der Waals surface area contributed by atoms with Gasteiger partial charge in [-0.2, -0.15) is 0 Å². The molecule has 0 unspecified atom stereocenters. The average Bonchev–Trinajstić information content (AvgIpc) is 2.76. The number of rotatable bonds is 1. The number of nitrogens with one attached hydrogen (secondary N) is 3. The monoisotopic (exact) mass is 445 g/mol. The van der Waals surface area contributed by atoms with E-state index in [9.17, 15) is 9.18 Å². The maximum Gasteiger partial charge on any atom is 0.233 e. The summed E-state index contributed by atoms with van der Waals surface area (Å²) < 4.78 is 25.4. The molecule has 2 bridgehead atoms. The fourth-order valence-corrected chi connectivity index (χ4v) is 3.43. The van der Waals surface area contributed by atoms with Crippen molar-refractivity contribution < 1.29 is 18.7 Å². The molecule has 3 N–H and O–H groups in total. The first-order valence-electron chi connectivity index (χ1n) is 9.73. The van der Waals surface area contributed by atoms with Crippen molar-refractivity contribution in [3.63, 3.8) is 0 Å². The molecule has 3 aromatic rings. The number of fused-ring (bicyclic) bond motifs is 2. The predicted octanol–water partition coefficient (Wildman–Crippen LogP) is 3.16. The second-order valence-electron chi connectivity index (χ2n) is 6.95. The van der Waals surface area contributed by atoms with Gasteiger partial charge in [0.15, 0.2) is 11.5 Å². The fourth-order valence-electron chi connectivity index (χ4n) is 3.27. The molecule has 162 valence electrons. The van der Waals surface area contributed by atoms with Crippen LogP contribution in [0.5, 0.6) is 11.5 Å². The van der Waals surface area contributed by atoms with E-state index in [1.165, 1.54) is 18.5 Å². The van der Waals surface area contributed by atoms with E-state index in [1.54, 1.807) is 19.2 Å². The Morgan fingerprint density at radius 1 is 1.19 bits per heavy atom. The van der Waals surface area contributed by atoms with Crippen LogP contribution >= 0.6 is 11.6 Å². The Morgan fingerprint density at radius 3 is 2.90 bits per heavy atom. The van der Waals surface area contributed by atoms with Gasteiger partial charge in [0.05, 0.1) is 30.8 Å². The Hall–Kier alpha value is -3.17. The number of methoxy groups -OCH3 is 1. The molecule has 4 rings (SSSR count). The largest absolute Gasteiger partial charge is 0.493 e. The maximum atomic E-state index is 14.1. The molecule has 0 spiro atoms. The number of nitrogens with zero attached hydrogens (tertiary/aromatic N) is 2. The third-order valence-corrected chi connectivity index (χ3v) is 5.11. The van der Waals surface area contributed by atoms with E-state index >= 15 is 0 Å². The van der Waals surface area contributed by atoms with E-state index in [1.807, 2.05) is 0 Å². The Labute approximate surface area is 183 Å². The maximum absolute atomic E-state index is 14.1. The first kappa shape index (κ1) is 21.1. The zero-order chi connectivity index (χ0) is 21.8. The van der Waals surface area contributed by atoms with Crippen molar-refractivity contribution in [2.24, 2.45) is 0 Å². The van der Waals surface area contributed by atoms with Gasteiger partial charge in [-0.15, -0.1) is 0 Å². The highest BCUT2D eigenvalue weighted by Gasteiger charge is 2.15. The normalized spacial score (nSPS) is 15.0. The Morgan fingerprint density at radius 2 is 2.06 bits per heavy atom. The number of hydrogen-bond acceptors (Lipinski definition) is 7. The molecule has 1 aliphatic heterocycles. The molecular formula is C21H21ClFN5O3. The van der Waals surface area contributed by atoms with Crippen molar-refractivity contribution in [2.75, 3.05) is 32.1 Å². The highest BCUT2D eigenvalue weighted by molar-refractivity contribution is 6.31. The van der Waals surface area contributed by atoms with Crippen LogP contribution in [-0.2, 0) is 11.3 Å². The zero-order valence-electron chi connectivity index (χ0n) is 16.8. The van der Waals surface area contributed by atoms with Gasteiger partial charge in [0.2, 0.25) is 5.91 Å². The van der Waals surface area contributed by atoms with Crippen LogP contribution in [0.2, 0.25) is 5.02 Å². The lowest BCUT2D eigenvalue weighted by Gasteiger charge is -2.17. The Kier molecular flexibility index (Phi) is 6.34. The average molecular weight is 446 g/mol. The molecule has 0 aliphatic carbocycles. The van der Waals surface area contributed by atoms with Gasteiger partial charge in [-0.05, 0) is 30.2 Å². The first-order chi connectivity index (χ1) is 15.0. The van der Waals surface area contributed by atoms with Crippen molar-refractivity contribution in [1.29, 1.82) is 0 Å². The topological polar surface area (TPSA) is 97.4 Å².